The molecule has 0 aliphatic rings. The summed E-state index contributed by atoms with van der Waals surface area (Å²) in [6, 6.07) is -0.552. The Morgan fingerprint density at radius 1 is 1.47 bits per heavy atom. The lowest BCUT2D eigenvalue weighted by Gasteiger charge is -2.15. The number of rotatable bonds is 7. The van der Waals surface area contributed by atoms with Crippen LogP contribution in [0, 0.1) is 0 Å². The van der Waals surface area contributed by atoms with Gasteiger partial charge in [-0.2, -0.15) is 0 Å². The number of ether oxygens (including phenoxy) is 2. The van der Waals surface area contributed by atoms with Gasteiger partial charge >= 0.3 is 6.09 Å². The highest BCUT2D eigenvalue weighted by Crippen LogP contribution is 1.98. The number of alkyl carbamates (subject to hydrolysis) is 1. The van der Waals surface area contributed by atoms with Crippen molar-refractivity contribution in [2.24, 2.45) is 0 Å². The number of carbonyl (C=O) groups excluding carboxylic acids is 2. The third-order valence-corrected chi connectivity index (χ3v) is 2.25. The summed E-state index contributed by atoms with van der Waals surface area (Å²) in [5.74, 6) is -0.0971. The molecule has 0 heterocycles. The SMILES string of the molecule is CCOC(=O)NC(CCOC)C(=O)CBr. The Labute approximate surface area is 97.6 Å². The summed E-state index contributed by atoms with van der Waals surface area (Å²) in [5, 5.41) is 2.68. The maximum absolute atomic E-state index is 11.4. The van der Waals surface area contributed by atoms with Crippen LogP contribution in [0.25, 0.3) is 0 Å². The Hall–Kier alpha value is -0.620. The Morgan fingerprint density at radius 2 is 2.13 bits per heavy atom. The van der Waals surface area contributed by atoms with E-state index in [0.717, 1.165) is 0 Å². The number of halogens is 1. The standard InChI is InChI=1S/C9H16BrNO4/c1-3-15-9(13)11-7(4-5-14-2)8(12)6-10/h7H,3-6H2,1-2H3,(H,11,13). The minimum Gasteiger partial charge on any atom is -0.450 e. The average Bonchev–Trinajstić information content (AvgIpc) is 2.23. The van der Waals surface area contributed by atoms with Crippen molar-refractivity contribution in [3.05, 3.63) is 0 Å². The second-order valence-electron chi connectivity index (χ2n) is 2.80. The van der Waals surface area contributed by atoms with Gasteiger partial charge in [-0.15, -0.1) is 0 Å². The van der Waals surface area contributed by atoms with E-state index in [1.54, 1.807) is 14.0 Å². The highest BCUT2D eigenvalue weighted by Gasteiger charge is 2.19. The highest BCUT2D eigenvalue weighted by molar-refractivity contribution is 9.09. The highest BCUT2D eigenvalue weighted by atomic mass is 79.9. The van der Waals surface area contributed by atoms with Gasteiger partial charge in [-0.25, -0.2) is 4.79 Å². The molecule has 0 saturated heterocycles. The Kier molecular flexibility index (Phi) is 8.31. The molecular formula is C9H16BrNO4. The number of nitrogens with one attached hydrogen (secondary N) is 1. The maximum atomic E-state index is 11.4. The molecule has 0 aromatic heterocycles. The van der Waals surface area contributed by atoms with E-state index in [-0.39, 0.29) is 17.7 Å². The molecule has 1 N–H and O–H groups in total. The fourth-order valence-electron chi connectivity index (χ4n) is 0.958. The van der Waals surface area contributed by atoms with Crippen molar-refractivity contribution < 1.29 is 19.1 Å². The van der Waals surface area contributed by atoms with Gasteiger partial charge in [0.15, 0.2) is 5.78 Å². The zero-order valence-corrected chi connectivity index (χ0v) is 10.5. The second kappa shape index (κ2) is 8.67. The quantitative estimate of drug-likeness (QED) is 0.710. The molecule has 15 heavy (non-hydrogen) atoms. The molecule has 88 valence electrons. The van der Waals surface area contributed by atoms with Crippen molar-refractivity contribution in [1.82, 2.24) is 5.32 Å². The van der Waals surface area contributed by atoms with Crippen LogP contribution in [-0.4, -0.2) is 43.6 Å². The van der Waals surface area contributed by atoms with Crippen molar-refractivity contribution in [1.29, 1.82) is 0 Å². The first kappa shape index (κ1) is 14.4. The van der Waals surface area contributed by atoms with E-state index < -0.39 is 12.1 Å². The molecule has 0 radical (unpaired) electrons. The molecule has 0 aliphatic carbocycles. The van der Waals surface area contributed by atoms with Crippen molar-refractivity contribution in [3.8, 4) is 0 Å². The largest absolute Gasteiger partial charge is 0.450 e. The summed E-state index contributed by atoms with van der Waals surface area (Å²) in [5.41, 5.74) is 0. The second-order valence-corrected chi connectivity index (χ2v) is 3.36. The summed E-state index contributed by atoms with van der Waals surface area (Å²) < 4.78 is 9.54. The lowest BCUT2D eigenvalue weighted by atomic mass is 10.1. The van der Waals surface area contributed by atoms with E-state index in [1.807, 2.05) is 0 Å². The number of carbonyl (C=O) groups is 2. The van der Waals surface area contributed by atoms with Gasteiger partial charge in [0, 0.05) is 13.7 Å². The zero-order chi connectivity index (χ0) is 11.7. The van der Waals surface area contributed by atoms with Crippen LogP contribution >= 0.6 is 15.9 Å². The lowest BCUT2D eigenvalue weighted by Crippen LogP contribution is -2.42. The monoisotopic (exact) mass is 281 g/mol. The van der Waals surface area contributed by atoms with E-state index in [2.05, 4.69) is 26.0 Å². The van der Waals surface area contributed by atoms with Crippen molar-refractivity contribution in [2.75, 3.05) is 25.7 Å². The molecule has 0 rings (SSSR count). The predicted molar refractivity (Wildman–Crippen MR) is 59.2 cm³/mol. The first-order valence-corrected chi connectivity index (χ1v) is 5.78. The topological polar surface area (TPSA) is 64.6 Å². The van der Waals surface area contributed by atoms with Gasteiger partial charge in [0.25, 0.3) is 0 Å². The molecule has 0 aromatic rings. The average molecular weight is 282 g/mol. The first-order valence-electron chi connectivity index (χ1n) is 4.66. The van der Waals surface area contributed by atoms with Gasteiger partial charge in [-0.05, 0) is 13.3 Å². The van der Waals surface area contributed by atoms with Crippen LogP contribution in [0.15, 0.2) is 0 Å². The van der Waals surface area contributed by atoms with Crippen molar-refractivity contribution in [3.63, 3.8) is 0 Å². The van der Waals surface area contributed by atoms with Gasteiger partial charge in [0.05, 0.1) is 18.0 Å². The smallest absolute Gasteiger partial charge is 0.407 e. The minimum absolute atomic E-state index is 0.0971. The van der Waals surface area contributed by atoms with Crippen LogP contribution in [0.5, 0.6) is 0 Å². The number of amides is 1. The maximum Gasteiger partial charge on any atom is 0.407 e. The van der Waals surface area contributed by atoms with Crippen LogP contribution in [0.1, 0.15) is 13.3 Å². The number of Topliss-reactive ketones (excluding diaryl/α,β-unsaturated/α-hetero) is 1. The third-order valence-electron chi connectivity index (χ3n) is 1.70. The minimum atomic E-state index is -0.576. The number of alkyl halides is 1. The molecular weight excluding hydrogens is 266 g/mol. The Balaban J connectivity index is 4.11. The fourth-order valence-corrected chi connectivity index (χ4v) is 1.35. The number of hydrogen-bond donors (Lipinski definition) is 1. The fraction of sp³-hybridized carbons (Fsp3) is 0.778. The molecule has 1 atom stereocenters. The number of ketones is 1. The van der Waals surface area contributed by atoms with Crippen molar-refractivity contribution >= 4 is 27.8 Å². The lowest BCUT2D eigenvalue weighted by molar-refractivity contribution is -0.118. The van der Waals surface area contributed by atoms with E-state index in [0.29, 0.717) is 13.0 Å². The van der Waals surface area contributed by atoms with Crippen LogP contribution in [0.2, 0.25) is 0 Å². The summed E-state index contributed by atoms with van der Waals surface area (Å²) in [4.78, 5) is 22.5. The molecule has 0 aliphatic heterocycles. The van der Waals surface area contributed by atoms with Crippen LogP contribution < -0.4 is 5.32 Å². The Morgan fingerprint density at radius 3 is 2.60 bits per heavy atom. The third kappa shape index (κ3) is 6.46. The van der Waals surface area contributed by atoms with Crippen LogP contribution in [-0.2, 0) is 14.3 Å². The van der Waals surface area contributed by atoms with Gasteiger partial charge in [-0.1, -0.05) is 15.9 Å². The van der Waals surface area contributed by atoms with E-state index in [4.69, 9.17) is 4.74 Å². The van der Waals surface area contributed by atoms with Gasteiger partial charge in [0.1, 0.15) is 0 Å². The number of methoxy groups -OCH3 is 1. The van der Waals surface area contributed by atoms with E-state index >= 15 is 0 Å². The first-order chi connectivity index (χ1) is 7.15. The molecule has 0 fully saturated rings. The summed E-state index contributed by atoms with van der Waals surface area (Å²) in [7, 11) is 1.54. The molecule has 0 spiro atoms. The summed E-state index contributed by atoms with van der Waals surface area (Å²) >= 11 is 3.05. The zero-order valence-electron chi connectivity index (χ0n) is 8.92. The van der Waals surface area contributed by atoms with Crippen LogP contribution in [0.3, 0.4) is 0 Å². The van der Waals surface area contributed by atoms with E-state index in [9.17, 15) is 9.59 Å². The number of hydrogen-bond acceptors (Lipinski definition) is 4. The molecule has 5 nitrogen and oxygen atoms in total. The van der Waals surface area contributed by atoms with Crippen molar-refractivity contribution in [2.45, 2.75) is 19.4 Å². The van der Waals surface area contributed by atoms with Gasteiger partial charge in [0.2, 0.25) is 0 Å². The van der Waals surface area contributed by atoms with Gasteiger partial charge in [-0.3, -0.25) is 4.79 Å². The predicted octanol–water partition coefficient (Wildman–Crippen LogP) is 1.10. The molecule has 6 heteroatoms. The van der Waals surface area contributed by atoms with Crippen LogP contribution in [0.4, 0.5) is 4.79 Å². The molecule has 0 saturated carbocycles. The van der Waals surface area contributed by atoms with Gasteiger partial charge < -0.3 is 14.8 Å². The van der Waals surface area contributed by atoms with E-state index in [1.165, 1.54) is 0 Å². The molecule has 1 amide bonds. The summed E-state index contributed by atoms with van der Waals surface area (Å²) in [6.07, 6.45) is -0.132. The Bertz CT molecular complexity index is 210. The molecule has 0 aromatic carbocycles. The molecule has 1 unspecified atom stereocenters. The summed E-state index contributed by atoms with van der Waals surface area (Å²) in [6.45, 7) is 2.40. The normalized spacial score (nSPS) is 11.9. The molecule has 0 bridgehead atoms.